The highest BCUT2D eigenvalue weighted by Crippen LogP contribution is 2.26. The second kappa shape index (κ2) is 4.70. The summed E-state index contributed by atoms with van der Waals surface area (Å²) in [5, 5.41) is 12.2. The van der Waals surface area contributed by atoms with E-state index in [1.165, 1.54) is 0 Å². The molecule has 2 saturated heterocycles. The van der Waals surface area contributed by atoms with Gasteiger partial charge in [-0.15, -0.1) is 0 Å². The Morgan fingerprint density at radius 1 is 1.40 bits per heavy atom. The van der Waals surface area contributed by atoms with Gasteiger partial charge in [0.25, 0.3) is 0 Å². The summed E-state index contributed by atoms with van der Waals surface area (Å²) in [7, 11) is 0. The number of carboxylic acid groups (broad SMARTS) is 1. The lowest BCUT2D eigenvalue weighted by atomic mass is 10.1. The van der Waals surface area contributed by atoms with E-state index in [9.17, 15) is 14.7 Å². The Hall–Kier alpha value is -2.24. The highest BCUT2D eigenvalue weighted by molar-refractivity contribution is 5.94. The number of hydrogen-bond acceptors (Lipinski definition) is 3. The van der Waals surface area contributed by atoms with Gasteiger partial charge in [-0.25, -0.2) is 9.59 Å². The molecule has 0 bridgehead atoms. The number of carbonyl (C=O) groups excluding carboxylic acids is 1. The predicted molar refractivity (Wildman–Crippen MR) is 74.2 cm³/mol. The van der Waals surface area contributed by atoms with Crippen molar-refractivity contribution < 1.29 is 14.7 Å². The molecule has 0 saturated carbocycles. The van der Waals surface area contributed by atoms with E-state index in [1.807, 2.05) is 24.0 Å². The van der Waals surface area contributed by atoms with E-state index in [2.05, 4.69) is 10.2 Å². The summed E-state index contributed by atoms with van der Waals surface area (Å²) >= 11 is 0. The zero-order valence-electron chi connectivity index (χ0n) is 11.3. The molecule has 2 heterocycles. The molecule has 2 N–H and O–H groups in total. The van der Waals surface area contributed by atoms with E-state index in [0.717, 1.165) is 11.3 Å². The molecule has 1 atom stereocenters. The van der Waals surface area contributed by atoms with Crippen LogP contribution in [-0.2, 0) is 0 Å². The van der Waals surface area contributed by atoms with Gasteiger partial charge >= 0.3 is 12.0 Å². The van der Waals surface area contributed by atoms with E-state index < -0.39 is 5.97 Å². The van der Waals surface area contributed by atoms with Gasteiger partial charge in [-0.05, 0) is 19.1 Å². The Labute approximate surface area is 117 Å². The highest BCUT2D eigenvalue weighted by atomic mass is 16.4. The van der Waals surface area contributed by atoms with Gasteiger partial charge in [0, 0.05) is 26.2 Å². The van der Waals surface area contributed by atoms with Gasteiger partial charge in [-0.2, -0.15) is 0 Å². The lowest BCUT2D eigenvalue weighted by molar-refractivity contribution is 0.0697. The van der Waals surface area contributed by atoms with Gasteiger partial charge in [0.15, 0.2) is 0 Å². The summed E-state index contributed by atoms with van der Waals surface area (Å²) < 4.78 is 0. The summed E-state index contributed by atoms with van der Waals surface area (Å²) in [5.41, 5.74) is 2.00. The average molecular weight is 275 g/mol. The number of nitrogens with one attached hydrogen (secondary N) is 1. The number of nitrogens with zero attached hydrogens (tertiary/aromatic N) is 2. The van der Waals surface area contributed by atoms with Crippen molar-refractivity contribution in [2.75, 3.05) is 31.1 Å². The molecule has 0 aliphatic carbocycles. The van der Waals surface area contributed by atoms with Crippen LogP contribution < -0.4 is 10.2 Å². The summed E-state index contributed by atoms with van der Waals surface area (Å²) in [5.74, 6) is -0.910. The van der Waals surface area contributed by atoms with Crippen LogP contribution in [0, 0.1) is 6.92 Å². The van der Waals surface area contributed by atoms with Crippen molar-refractivity contribution in [1.29, 1.82) is 0 Å². The molecule has 2 aliphatic heterocycles. The normalized spacial score (nSPS) is 21.6. The van der Waals surface area contributed by atoms with Gasteiger partial charge in [0.1, 0.15) is 0 Å². The van der Waals surface area contributed by atoms with E-state index >= 15 is 0 Å². The average Bonchev–Trinajstić information content (AvgIpc) is 2.80. The van der Waals surface area contributed by atoms with Gasteiger partial charge in [0.05, 0.1) is 17.3 Å². The summed E-state index contributed by atoms with van der Waals surface area (Å²) in [6, 6.07) is 5.59. The molecule has 0 radical (unpaired) electrons. The number of carbonyl (C=O) groups is 2. The van der Waals surface area contributed by atoms with Crippen LogP contribution in [0.4, 0.5) is 10.5 Å². The van der Waals surface area contributed by atoms with E-state index in [1.54, 1.807) is 6.07 Å². The molecular formula is C14H17N3O3. The number of rotatable bonds is 2. The number of fused-ring (bicyclic) bond motifs is 1. The van der Waals surface area contributed by atoms with Gasteiger partial charge in [-0.3, -0.25) is 0 Å². The topological polar surface area (TPSA) is 72.9 Å². The molecule has 1 aromatic rings. The summed E-state index contributed by atoms with van der Waals surface area (Å²) in [6.07, 6.45) is 0. The van der Waals surface area contributed by atoms with Gasteiger partial charge in [-0.1, -0.05) is 11.6 Å². The third-order valence-corrected chi connectivity index (χ3v) is 3.96. The Bertz CT molecular complexity index is 573. The molecule has 1 unspecified atom stereocenters. The molecule has 20 heavy (non-hydrogen) atoms. The molecule has 2 aliphatic rings. The molecular weight excluding hydrogens is 258 g/mol. The third kappa shape index (κ3) is 2.07. The van der Waals surface area contributed by atoms with Crippen LogP contribution in [0.3, 0.4) is 0 Å². The number of anilines is 1. The number of hydrogen-bond donors (Lipinski definition) is 2. The fraction of sp³-hybridized carbons (Fsp3) is 0.429. The first kappa shape index (κ1) is 12.8. The molecule has 6 heteroatoms. The Morgan fingerprint density at radius 3 is 2.95 bits per heavy atom. The predicted octanol–water partition coefficient (Wildman–Crippen LogP) is 0.907. The van der Waals surface area contributed by atoms with Crippen LogP contribution in [0.5, 0.6) is 0 Å². The first-order chi connectivity index (χ1) is 9.56. The van der Waals surface area contributed by atoms with Gasteiger partial charge in [0.2, 0.25) is 0 Å². The molecule has 2 fully saturated rings. The first-order valence-electron chi connectivity index (χ1n) is 6.69. The smallest absolute Gasteiger partial charge is 0.337 e. The van der Waals surface area contributed by atoms with Crippen molar-refractivity contribution in [1.82, 2.24) is 10.2 Å². The lowest BCUT2D eigenvalue weighted by Crippen LogP contribution is -2.52. The lowest BCUT2D eigenvalue weighted by Gasteiger charge is -2.38. The Balaban J connectivity index is 1.87. The van der Waals surface area contributed by atoms with Crippen molar-refractivity contribution in [2.24, 2.45) is 0 Å². The molecule has 1 aromatic carbocycles. The molecule has 6 nitrogen and oxygen atoms in total. The monoisotopic (exact) mass is 275 g/mol. The van der Waals surface area contributed by atoms with Crippen molar-refractivity contribution in [3.63, 3.8) is 0 Å². The first-order valence-corrected chi connectivity index (χ1v) is 6.69. The number of benzene rings is 1. The minimum absolute atomic E-state index is 0.0167. The maximum absolute atomic E-state index is 11.6. The summed E-state index contributed by atoms with van der Waals surface area (Å²) in [4.78, 5) is 26.9. The van der Waals surface area contributed by atoms with Crippen LogP contribution in [0.15, 0.2) is 18.2 Å². The minimum Gasteiger partial charge on any atom is -0.478 e. The van der Waals surface area contributed by atoms with Crippen LogP contribution in [0.1, 0.15) is 15.9 Å². The molecule has 0 spiro atoms. The molecule has 2 amide bonds. The second-order valence-electron chi connectivity index (χ2n) is 5.31. The maximum atomic E-state index is 11.6. The summed E-state index contributed by atoms with van der Waals surface area (Å²) in [6.45, 7) is 4.47. The van der Waals surface area contributed by atoms with Crippen LogP contribution >= 0.6 is 0 Å². The maximum Gasteiger partial charge on any atom is 0.337 e. The Kier molecular flexibility index (Phi) is 3.00. The minimum atomic E-state index is -0.910. The SMILES string of the molecule is Cc1ccc(N2CCN3C(=O)NCC3C2)c(C(=O)O)c1. The zero-order chi connectivity index (χ0) is 14.3. The number of urea groups is 1. The number of carboxylic acids is 1. The van der Waals surface area contributed by atoms with E-state index in [4.69, 9.17) is 0 Å². The van der Waals surface area contributed by atoms with Crippen molar-refractivity contribution in [2.45, 2.75) is 13.0 Å². The van der Waals surface area contributed by atoms with Gasteiger partial charge < -0.3 is 20.2 Å². The molecule has 0 aromatic heterocycles. The van der Waals surface area contributed by atoms with E-state index in [-0.39, 0.29) is 12.1 Å². The van der Waals surface area contributed by atoms with Crippen LogP contribution in [-0.4, -0.2) is 54.2 Å². The molecule has 106 valence electrons. The molecule has 3 rings (SSSR count). The van der Waals surface area contributed by atoms with Crippen LogP contribution in [0.2, 0.25) is 0 Å². The standard InChI is InChI=1S/C14H17N3O3/c1-9-2-3-12(11(6-9)13(18)19)16-4-5-17-10(8-16)7-15-14(17)20/h2-3,6,10H,4-5,7-8H2,1H3,(H,15,20)(H,18,19). The quantitative estimate of drug-likeness (QED) is 0.841. The highest BCUT2D eigenvalue weighted by Gasteiger charge is 2.36. The van der Waals surface area contributed by atoms with Crippen molar-refractivity contribution >= 4 is 17.7 Å². The number of aromatic carboxylic acids is 1. The largest absolute Gasteiger partial charge is 0.478 e. The van der Waals surface area contributed by atoms with Crippen LogP contribution in [0.25, 0.3) is 0 Å². The second-order valence-corrected chi connectivity index (χ2v) is 5.31. The number of aryl methyl sites for hydroxylation is 1. The van der Waals surface area contributed by atoms with Crippen molar-refractivity contribution in [3.8, 4) is 0 Å². The zero-order valence-corrected chi connectivity index (χ0v) is 11.3. The fourth-order valence-electron chi connectivity index (χ4n) is 2.92. The van der Waals surface area contributed by atoms with E-state index in [0.29, 0.717) is 31.7 Å². The number of amides is 2. The van der Waals surface area contributed by atoms with Crippen molar-refractivity contribution in [3.05, 3.63) is 29.3 Å². The Morgan fingerprint density at radius 2 is 2.20 bits per heavy atom. The third-order valence-electron chi connectivity index (χ3n) is 3.96. The number of piperazine rings is 1. The fourth-order valence-corrected chi connectivity index (χ4v) is 2.92.